The summed E-state index contributed by atoms with van der Waals surface area (Å²) >= 11 is 0. The third kappa shape index (κ3) is 2.27. The van der Waals surface area contributed by atoms with Crippen LogP contribution >= 0.6 is 0 Å². The van der Waals surface area contributed by atoms with Crippen LogP contribution in [0.15, 0.2) is 18.2 Å². The highest BCUT2D eigenvalue weighted by atomic mass is 16.6. The topological polar surface area (TPSA) is 63.5 Å². The predicted molar refractivity (Wildman–Crippen MR) is 64.5 cm³/mol. The minimum Gasteiger partial charge on any atom is -0.366 e. The van der Waals surface area contributed by atoms with Gasteiger partial charge in [0, 0.05) is 13.1 Å². The van der Waals surface area contributed by atoms with E-state index >= 15 is 0 Å². The van der Waals surface area contributed by atoms with Gasteiger partial charge in [0.1, 0.15) is 5.69 Å². The van der Waals surface area contributed by atoms with E-state index in [2.05, 4.69) is 0 Å². The van der Waals surface area contributed by atoms with Gasteiger partial charge in [0.15, 0.2) is 6.29 Å². The van der Waals surface area contributed by atoms with Gasteiger partial charge in [-0.3, -0.25) is 14.9 Å². The van der Waals surface area contributed by atoms with Crippen LogP contribution in [0.3, 0.4) is 0 Å². The number of hydrogen-bond acceptors (Lipinski definition) is 4. The summed E-state index contributed by atoms with van der Waals surface area (Å²) < 4.78 is 0. The predicted octanol–water partition coefficient (Wildman–Crippen LogP) is 2.40. The van der Waals surface area contributed by atoms with Crippen LogP contribution in [0.25, 0.3) is 0 Å². The Kier molecular flexibility index (Phi) is 3.37. The molecule has 0 N–H and O–H groups in total. The summed E-state index contributed by atoms with van der Waals surface area (Å²) in [5.41, 5.74) is 0.654. The maximum absolute atomic E-state index is 11.1. The molecule has 1 aromatic rings. The molecule has 0 radical (unpaired) electrons. The zero-order chi connectivity index (χ0) is 12.3. The molecule has 0 spiro atoms. The molecule has 0 atom stereocenters. The summed E-state index contributed by atoms with van der Waals surface area (Å²) in [5, 5.41) is 11.1. The molecule has 2 rings (SSSR count). The third-order valence-corrected chi connectivity index (χ3v) is 3.05. The summed E-state index contributed by atoms with van der Waals surface area (Å²) in [6.45, 7) is 1.65. The van der Waals surface area contributed by atoms with Crippen molar-refractivity contribution in [3.8, 4) is 0 Å². The molecule has 1 aliphatic rings. The van der Waals surface area contributed by atoms with Crippen LogP contribution in [-0.2, 0) is 0 Å². The van der Waals surface area contributed by atoms with Crippen molar-refractivity contribution in [1.29, 1.82) is 0 Å². The largest absolute Gasteiger partial charge is 0.366 e. The summed E-state index contributed by atoms with van der Waals surface area (Å²) in [6, 6.07) is 4.90. The number of para-hydroxylation sites is 1. The fraction of sp³-hybridized carbons (Fsp3) is 0.417. The molecule has 0 bridgehead atoms. The number of nitro groups is 1. The monoisotopic (exact) mass is 234 g/mol. The molecule has 1 saturated heterocycles. The molecule has 0 amide bonds. The molecule has 90 valence electrons. The molecule has 0 aliphatic carbocycles. The second kappa shape index (κ2) is 4.95. The van der Waals surface area contributed by atoms with Crippen molar-refractivity contribution >= 4 is 17.7 Å². The Bertz CT molecular complexity index is 439. The molecule has 0 unspecified atom stereocenters. The van der Waals surface area contributed by atoms with E-state index in [-0.39, 0.29) is 11.3 Å². The van der Waals surface area contributed by atoms with E-state index in [1.54, 1.807) is 12.1 Å². The molecule has 0 saturated carbocycles. The number of benzene rings is 1. The van der Waals surface area contributed by atoms with Gasteiger partial charge in [0.05, 0.1) is 10.5 Å². The number of nitro benzene ring substituents is 1. The van der Waals surface area contributed by atoms with Gasteiger partial charge in [-0.25, -0.2) is 0 Å². The molecule has 1 aliphatic heterocycles. The van der Waals surface area contributed by atoms with Gasteiger partial charge in [-0.15, -0.1) is 0 Å². The first-order chi connectivity index (χ1) is 8.24. The summed E-state index contributed by atoms with van der Waals surface area (Å²) in [4.78, 5) is 23.4. The van der Waals surface area contributed by atoms with Crippen molar-refractivity contribution in [1.82, 2.24) is 0 Å². The van der Waals surface area contributed by atoms with Crippen molar-refractivity contribution in [2.45, 2.75) is 19.3 Å². The second-order valence-corrected chi connectivity index (χ2v) is 4.14. The highest BCUT2D eigenvalue weighted by Gasteiger charge is 2.24. The highest BCUT2D eigenvalue weighted by Crippen LogP contribution is 2.32. The average molecular weight is 234 g/mol. The van der Waals surface area contributed by atoms with Crippen LogP contribution in [0, 0.1) is 10.1 Å². The minimum absolute atomic E-state index is 0.0654. The average Bonchev–Trinajstić information content (AvgIpc) is 2.38. The van der Waals surface area contributed by atoms with Crippen molar-refractivity contribution in [3.63, 3.8) is 0 Å². The quantitative estimate of drug-likeness (QED) is 0.457. The van der Waals surface area contributed by atoms with Gasteiger partial charge in [-0.2, -0.15) is 0 Å². The van der Waals surface area contributed by atoms with E-state index in [4.69, 9.17) is 0 Å². The minimum atomic E-state index is -0.465. The molecule has 17 heavy (non-hydrogen) atoms. The highest BCUT2D eigenvalue weighted by molar-refractivity contribution is 5.86. The van der Waals surface area contributed by atoms with Crippen LogP contribution in [0.5, 0.6) is 0 Å². The Morgan fingerprint density at radius 1 is 1.24 bits per heavy atom. The number of carbonyl (C=O) groups is 1. The van der Waals surface area contributed by atoms with Crippen molar-refractivity contribution in [3.05, 3.63) is 33.9 Å². The molecule has 1 heterocycles. The third-order valence-electron chi connectivity index (χ3n) is 3.05. The second-order valence-electron chi connectivity index (χ2n) is 4.14. The lowest BCUT2D eigenvalue weighted by molar-refractivity contribution is -0.384. The smallest absolute Gasteiger partial charge is 0.302 e. The first-order valence-corrected chi connectivity index (χ1v) is 5.71. The summed E-state index contributed by atoms with van der Waals surface area (Å²) in [7, 11) is 0. The fourth-order valence-corrected chi connectivity index (χ4v) is 2.23. The zero-order valence-electron chi connectivity index (χ0n) is 9.46. The fourth-order valence-electron chi connectivity index (χ4n) is 2.23. The first-order valence-electron chi connectivity index (χ1n) is 5.71. The normalized spacial score (nSPS) is 15.6. The lowest BCUT2D eigenvalue weighted by Gasteiger charge is -2.28. The van der Waals surface area contributed by atoms with E-state index in [0.29, 0.717) is 12.0 Å². The van der Waals surface area contributed by atoms with Gasteiger partial charge in [-0.05, 0) is 31.4 Å². The van der Waals surface area contributed by atoms with E-state index in [1.807, 2.05) is 4.90 Å². The molecule has 0 aromatic heterocycles. The number of nitrogens with zero attached hydrogens (tertiary/aromatic N) is 2. The Hall–Kier alpha value is -1.91. The standard InChI is InChI=1S/C12H14N2O3/c15-9-10-5-4-6-11(12(10)14(16)17)13-7-2-1-3-8-13/h4-6,9H,1-3,7-8H2. The van der Waals surface area contributed by atoms with Gasteiger partial charge < -0.3 is 4.90 Å². The lowest BCUT2D eigenvalue weighted by atomic mass is 10.1. The Morgan fingerprint density at radius 3 is 2.53 bits per heavy atom. The molecular formula is C12H14N2O3. The van der Waals surface area contributed by atoms with Crippen LogP contribution in [-0.4, -0.2) is 24.3 Å². The van der Waals surface area contributed by atoms with Gasteiger partial charge in [0.25, 0.3) is 0 Å². The summed E-state index contributed by atoms with van der Waals surface area (Å²) in [5.74, 6) is 0. The van der Waals surface area contributed by atoms with Crippen LogP contribution < -0.4 is 4.90 Å². The van der Waals surface area contributed by atoms with Crippen LogP contribution in [0.2, 0.25) is 0 Å². The number of piperidine rings is 1. The number of anilines is 1. The number of hydrogen-bond donors (Lipinski definition) is 0. The van der Waals surface area contributed by atoms with Gasteiger partial charge in [-0.1, -0.05) is 6.07 Å². The molecule has 1 aromatic carbocycles. The van der Waals surface area contributed by atoms with Crippen molar-refractivity contribution in [2.24, 2.45) is 0 Å². The first kappa shape index (κ1) is 11.6. The van der Waals surface area contributed by atoms with E-state index in [1.165, 1.54) is 6.07 Å². The van der Waals surface area contributed by atoms with E-state index in [0.717, 1.165) is 32.4 Å². The Morgan fingerprint density at radius 2 is 1.94 bits per heavy atom. The van der Waals surface area contributed by atoms with Gasteiger partial charge in [0.2, 0.25) is 0 Å². The molecule has 1 fully saturated rings. The maximum atomic E-state index is 11.1. The Balaban J connectivity index is 2.44. The van der Waals surface area contributed by atoms with Crippen molar-refractivity contribution < 1.29 is 9.72 Å². The molecular weight excluding hydrogens is 220 g/mol. The van der Waals surface area contributed by atoms with Crippen LogP contribution in [0.4, 0.5) is 11.4 Å². The molecule has 5 heteroatoms. The summed E-state index contributed by atoms with van der Waals surface area (Å²) in [6.07, 6.45) is 3.80. The maximum Gasteiger partial charge on any atom is 0.302 e. The number of rotatable bonds is 3. The van der Waals surface area contributed by atoms with Gasteiger partial charge >= 0.3 is 5.69 Å². The van der Waals surface area contributed by atoms with Crippen molar-refractivity contribution in [2.75, 3.05) is 18.0 Å². The number of aldehydes is 1. The Labute approximate surface area is 99.2 Å². The lowest BCUT2D eigenvalue weighted by Crippen LogP contribution is -2.30. The molecule has 5 nitrogen and oxygen atoms in total. The number of carbonyl (C=O) groups excluding carboxylic acids is 1. The van der Waals surface area contributed by atoms with E-state index < -0.39 is 4.92 Å². The SMILES string of the molecule is O=Cc1cccc(N2CCCCC2)c1[N+](=O)[O-]. The van der Waals surface area contributed by atoms with E-state index in [9.17, 15) is 14.9 Å². The van der Waals surface area contributed by atoms with Crippen LogP contribution in [0.1, 0.15) is 29.6 Å². The zero-order valence-corrected chi connectivity index (χ0v) is 9.46.